The number of methoxy groups -OCH3 is 1. The number of aromatic nitrogens is 1. The van der Waals surface area contributed by atoms with Crippen molar-refractivity contribution in [3.05, 3.63) is 51.0 Å². The quantitative estimate of drug-likeness (QED) is 0.602. The Morgan fingerprint density at radius 1 is 1.27 bits per heavy atom. The van der Waals surface area contributed by atoms with Gasteiger partial charge in [0.25, 0.3) is 5.91 Å². The zero-order valence-electron chi connectivity index (χ0n) is 17.3. The molecule has 4 rings (SSSR count). The smallest absolute Gasteiger partial charge is 0.341 e. The number of nitrogens with zero attached hydrogens (tertiary/aromatic N) is 1. The van der Waals surface area contributed by atoms with Gasteiger partial charge >= 0.3 is 5.97 Å². The van der Waals surface area contributed by atoms with Crippen LogP contribution in [0.3, 0.4) is 0 Å². The lowest BCUT2D eigenvalue weighted by Gasteiger charge is -2.15. The van der Waals surface area contributed by atoms with Gasteiger partial charge in [-0.25, -0.2) is 4.79 Å². The van der Waals surface area contributed by atoms with Crippen LogP contribution in [0.25, 0.3) is 11.3 Å². The number of thiophene rings is 1. The predicted octanol–water partition coefficient (Wildman–Crippen LogP) is 4.56. The molecule has 1 amide bonds. The largest absolute Gasteiger partial charge is 0.497 e. The van der Waals surface area contributed by atoms with Crippen molar-refractivity contribution in [3.63, 3.8) is 0 Å². The van der Waals surface area contributed by atoms with Crippen LogP contribution in [0.4, 0.5) is 5.00 Å². The molecule has 0 unspecified atom stereocenters. The first-order valence-electron chi connectivity index (χ1n) is 9.68. The summed E-state index contributed by atoms with van der Waals surface area (Å²) in [4.78, 5) is 26.3. The molecule has 0 aliphatic heterocycles. The van der Waals surface area contributed by atoms with E-state index < -0.39 is 11.9 Å². The molecule has 1 aliphatic carbocycles. The maximum Gasteiger partial charge on any atom is 0.341 e. The van der Waals surface area contributed by atoms with Crippen molar-refractivity contribution in [3.8, 4) is 17.1 Å². The number of amides is 1. The third-order valence-electron chi connectivity index (χ3n) is 5.30. The Morgan fingerprint density at radius 2 is 2.07 bits per heavy atom. The molecule has 1 aliphatic rings. The van der Waals surface area contributed by atoms with Crippen molar-refractivity contribution in [2.75, 3.05) is 19.0 Å². The Labute approximate surface area is 178 Å². The number of hydrogen-bond acceptors (Lipinski definition) is 7. The van der Waals surface area contributed by atoms with E-state index in [1.165, 1.54) is 11.3 Å². The van der Waals surface area contributed by atoms with Gasteiger partial charge in [-0.1, -0.05) is 5.16 Å². The SMILES string of the molecule is CCOC(=O)c1c(NC(=O)c2noc3c2CCc2cc(OC)ccc2-3)sc(C)c1C. The fourth-order valence-electron chi connectivity index (χ4n) is 3.64. The molecular formula is C22H22N2O5S. The standard InChI is InChI=1S/C22H22N2O5S/c1-5-28-22(26)17-11(2)12(3)30-21(17)23-20(25)18-16-8-6-13-10-14(27-4)7-9-15(13)19(16)29-24-18/h7,9-10H,5-6,8H2,1-4H3,(H,23,25). The topological polar surface area (TPSA) is 90.7 Å². The van der Waals surface area contributed by atoms with Crippen LogP contribution in [0.2, 0.25) is 0 Å². The number of hydrogen-bond donors (Lipinski definition) is 1. The maximum atomic E-state index is 13.0. The van der Waals surface area contributed by atoms with E-state index in [1.54, 1.807) is 14.0 Å². The van der Waals surface area contributed by atoms with E-state index in [2.05, 4.69) is 10.5 Å². The highest BCUT2D eigenvalue weighted by atomic mass is 32.1. The highest BCUT2D eigenvalue weighted by Crippen LogP contribution is 2.38. The van der Waals surface area contributed by atoms with Crippen molar-refractivity contribution in [2.24, 2.45) is 0 Å². The lowest BCUT2D eigenvalue weighted by molar-refractivity contribution is 0.0527. The number of anilines is 1. The molecule has 0 saturated carbocycles. The van der Waals surface area contributed by atoms with Gasteiger partial charge in [-0.2, -0.15) is 0 Å². The second-order valence-electron chi connectivity index (χ2n) is 7.02. The van der Waals surface area contributed by atoms with Gasteiger partial charge in [0, 0.05) is 16.0 Å². The fraction of sp³-hybridized carbons (Fsp3) is 0.318. The van der Waals surface area contributed by atoms with E-state index in [0.717, 1.165) is 39.3 Å². The van der Waals surface area contributed by atoms with Crippen LogP contribution in [-0.4, -0.2) is 30.7 Å². The second kappa shape index (κ2) is 7.95. The average molecular weight is 426 g/mol. The highest BCUT2D eigenvalue weighted by Gasteiger charge is 2.29. The van der Waals surface area contributed by atoms with Crippen LogP contribution in [0, 0.1) is 13.8 Å². The summed E-state index contributed by atoms with van der Waals surface area (Å²) in [5, 5.41) is 7.35. The lowest BCUT2D eigenvalue weighted by Crippen LogP contribution is -2.17. The molecule has 0 bridgehead atoms. The number of carbonyl (C=O) groups is 2. The number of benzene rings is 1. The molecule has 1 aromatic carbocycles. The van der Waals surface area contributed by atoms with Crippen LogP contribution in [0.1, 0.15) is 49.3 Å². The van der Waals surface area contributed by atoms with E-state index in [1.807, 2.05) is 32.0 Å². The van der Waals surface area contributed by atoms with E-state index in [9.17, 15) is 9.59 Å². The Balaban J connectivity index is 1.65. The zero-order valence-corrected chi connectivity index (χ0v) is 18.1. The minimum Gasteiger partial charge on any atom is -0.497 e. The van der Waals surface area contributed by atoms with Crippen molar-refractivity contribution < 1.29 is 23.6 Å². The first kappa shape index (κ1) is 20.2. The van der Waals surface area contributed by atoms with Gasteiger partial charge in [0.2, 0.25) is 0 Å². The summed E-state index contributed by atoms with van der Waals surface area (Å²) in [6.07, 6.45) is 1.39. The van der Waals surface area contributed by atoms with Crippen molar-refractivity contribution in [2.45, 2.75) is 33.6 Å². The second-order valence-corrected chi connectivity index (χ2v) is 8.25. The van der Waals surface area contributed by atoms with E-state index >= 15 is 0 Å². The molecule has 7 nitrogen and oxygen atoms in total. The maximum absolute atomic E-state index is 13.0. The molecule has 8 heteroatoms. The van der Waals surface area contributed by atoms with Gasteiger partial charge in [-0.15, -0.1) is 11.3 Å². The van der Waals surface area contributed by atoms with Crippen molar-refractivity contribution >= 4 is 28.2 Å². The summed E-state index contributed by atoms with van der Waals surface area (Å²) in [6, 6.07) is 5.76. The average Bonchev–Trinajstić information content (AvgIpc) is 3.29. The number of aryl methyl sites for hydroxylation is 2. The number of fused-ring (bicyclic) bond motifs is 3. The van der Waals surface area contributed by atoms with Gasteiger partial charge in [0.15, 0.2) is 11.5 Å². The predicted molar refractivity (Wildman–Crippen MR) is 114 cm³/mol. The van der Waals surface area contributed by atoms with Crippen LogP contribution in [0.5, 0.6) is 5.75 Å². The van der Waals surface area contributed by atoms with Gasteiger partial charge < -0.3 is 19.3 Å². The summed E-state index contributed by atoms with van der Waals surface area (Å²) < 4.78 is 16.0. The molecule has 2 heterocycles. The molecule has 0 radical (unpaired) electrons. The van der Waals surface area contributed by atoms with Gasteiger partial charge in [-0.3, -0.25) is 4.79 Å². The summed E-state index contributed by atoms with van der Waals surface area (Å²) >= 11 is 1.35. The van der Waals surface area contributed by atoms with Crippen LogP contribution in [-0.2, 0) is 17.6 Å². The van der Waals surface area contributed by atoms with E-state index in [-0.39, 0.29) is 12.3 Å². The molecule has 3 aromatic rings. The number of nitrogens with one attached hydrogen (secondary N) is 1. The van der Waals surface area contributed by atoms with E-state index in [4.69, 9.17) is 14.0 Å². The third kappa shape index (κ3) is 3.37. The molecule has 30 heavy (non-hydrogen) atoms. The Hall–Kier alpha value is -3.13. The first-order chi connectivity index (χ1) is 14.4. The van der Waals surface area contributed by atoms with Gasteiger partial charge in [0.1, 0.15) is 10.8 Å². The van der Waals surface area contributed by atoms with Crippen LogP contribution < -0.4 is 10.1 Å². The third-order valence-corrected chi connectivity index (χ3v) is 6.42. The lowest BCUT2D eigenvalue weighted by atomic mass is 9.89. The molecule has 0 spiro atoms. The summed E-state index contributed by atoms with van der Waals surface area (Å²) in [6.45, 7) is 5.76. The first-order valence-corrected chi connectivity index (χ1v) is 10.5. The molecule has 156 valence electrons. The molecule has 0 atom stereocenters. The summed E-state index contributed by atoms with van der Waals surface area (Å²) in [7, 11) is 1.63. The van der Waals surface area contributed by atoms with Gasteiger partial charge in [0.05, 0.1) is 19.3 Å². The summed E-state index contributed by atoms with van der Waals surface area (Å²) in [5.74, 6) is 0.543. The number of ether oxygens (including phenoxy) is 2. The van der Waals surface area contributed by atoms with Crippen molar-refractivity contribution in [1.29, 1.82) is 0 Å². The molecule has 0 fully saturated rings. The number of rotatable bonds is 5. The number of carbonyl (C=O) groups excluding carboxylic acids is 2. The summed E-state index contributed by atoms with van der Waals surface area (Å²) in [5.41, 5.74) is 4.22. The highest BCUT2D eigenvalue weighted by molar-refractivity contribution is 7.16. The molecule has 0 saturated heterocycles. The fourth-order valence-corrected chi connectivity index (χ4v) is 4.69. The monoisotopic (exact) mass is 426 g/mol. The van der Waals surface area contributed by atoms with E-state index in [0.29, 0.717) is 22.7 Å². The van der Waals surface area contributed by atoms with Crippen LogP contribution in [0.15, 0.2) is 22.7 Å². The minimum atomic E-state index is -0.445. The molecule has 1 N–H and O–H groups in total. The Kier molecular flexibility index (Phi) is 5.34. The molecule has 2 aromatic heterocycles. The zero-order chi connectivity index (χ0) is 21.4. The molecular weight excluding hydrogens is 404 g/mol. The normalized spacial score (nSPS) is 12.1. The van der Waals surface area contributed by atoms with Gasteiger partial charge in [-0.05, 0) is 62.9 Å². The Morgan fingerprint density at radius 3 is 2.80 bits per heavy atom. The number of esters is 1. The Bertz CT molecular complexity index is 1140. The van der Waals surface area contributed by atoms with Crippen molar-refractivity contribution in [1.82, 2.24) is 5.16 Å². The minimum absolute atomic E-state index is 0.241. The van der Waals surface area contributed by atoms with Crippen LogP contribution >= 0.6 is 11.3 Å².